The molecule has 0 amide bonds. The largest absolute Gasteiger partial charge is 0.465 e. The Balaban J connectivity index is 1.89. The molecule has 1 aliphatic carbocycles. The number of hydrogen-bond acceptors (Lipinski definition) is 2. The smallest absolute Gasteiger partial charge is 0.309 e. The number of esters is 1. The molecule has 2 aliphatic rings. The van der Waals surface area contributed by atoms with E-state index in [4.69, 9.17) is 4.74 Å². The van der Waals surface area contributed by atoms with Gasteiger partial charge in [0, 0.05) is 5.92 Å². The molecule has 0 bridgehead atoms. The van der Waals surface area contributed by atoms with Gasteiger partial charge in [-0.15, -0.1) is 0 Å². The Labute approximate surface area is 85.3 Å². The van der Waals surface area contributed by atoms with Crippen LogP contribution in [0.2, 0.25) is 0 Å². The van der Waals surface area contributed by atoms with Gasteiger partial charge in [0.2, 0.25) is 0 Å². The number of carbonyl (C=O) groups excluding carboxylic acids is 1. The van der Waals surface area contributed by atoms with E-state index >= 15 is 0 Å². The average Bonchev–Trinajstić information content (AvgIpc) is 2.47. The van der Waals surface area contributed by atoms with Gasteiger partial charge in [-0.25, -0.2) is 0 Å². The fourth-order valence-corrected chi connectivity index (χ4v) is 2.66. The highest BCUT2D eigenvalue weighted by Gasteiger charge is 2.68. The molecule has 1 saturated heterocycles. The van der Waals surface area contributed by atoms with E-state index in [0.717, 1.165) is 12.8 Å². The van der Waals surface area contributed by atoms with E-state index in [1.165, 1.54) is 5.57 Å². The molecular formula is C12H18O2. The number of allylic oxidation sites excluding steroid dienone is 2. The minimum Gasteiger partial charge on any atom is -0.465 e. The maximum Gasteiger partial charge on any atom is 0.309 e. The first-order valence-corrected chi connectivity index (χ1v) is 5.36. The predicted octanol–water partition coefficient (Wildman–Crippen LogP) is 2.54. The van der Waals surface area contributed by atoms with E-state index in [2.05, 4.69) is 26.8 Å². The number of carbonyl (C=O) groups is 1. The third-order valence-corrected chi connectivity index (χ3v) is 3.75. The zero-order chi connectivity index (χ0) is 10.3. The van der Waals surface area contributed by atoms with Gasteiger partial charge in [-0.2, -0.15) is 0 Å². The summed E-state index contributed by atoms with van der Waals surface area (Å²) in [6.07, 6.45) is 4.48. The molecule has 0 aromatic heterocycles. The van der Waals surface area contributed by atoms with E-state index in [-0.39, 0.29) is 17.3 Å². The average molecular weight is 194 g/mol. The summed E-state index contributed by atoms with van der Waals surface area (Å²) in [5, 5.41) is 0. The fraction of sp³-hybridized carbons (Fsp3) is 0.750. The van der Waals surface area contributed by atoms with Gasteiger partial charge < -0.3 is 4.74 Å². The summed E-state index contributed by atoms with van der Waals surface area (Å²) < 4.78 is 4.98. The summed E-state index contributed by atoms with van der Waals surface area (Å²) in [6, 6.07) is 0. The standard InChI is InChI=1S/C12H18O2/c1-8(2)5-4-6-12(3)9-7-14-11(13)10(9)12/h5,9-10H,4,6-7H2,1-3H3. The second kappa shape index (κ2) is 3.11. The minimum absolute atomic E-state index is 0.0368. The van der Waals surface area contributed by atoms with Gasteiger partial charge in [-0.1, -0.05) is 18.6 Å². The molecule has 0 radical (unpaired) electrons. The van der Waals surface area contributed by atoms with Crippen molar-refractivity contribution in [2.45, 2.75) is 33.6 Å². The molecular weight excluding hydrogens is 176 g/mol. The molecule has 14 heavy (non-hydrogen) atoms. The number of cyclic esters (lactones) is 1. The minimum atomic E-state index is 0.0368. The molecule has 2 fully saturated rings. The van der Waals surface area contributed by atoms with Crippen LogP contribution in [0.25, 0.3) is 0 Å². The lowest BCUT2D eigenvalue weighted by atomic mass is 9.96. The molecule has 1 heterocycles. The SMILES string of the molecule is CC(C)=CCCC1(C)C2COC(=O)C21. The van der Waals surface area contributed by atoms with Crippen LogP contribution in [-0.4, -0.2) is 12.6 Å². The summed E-state index contributed by atoms with van der Waals surface area (Å²) in [5.74, 6) is 0.767. The maximum atomic E-state index is 11.3. The quantitative estimate of drug-likeness (QED) is 0.510. The number of hydrogen-bond donors (Lipinski definition) is 0. The molecule has 2 rings (SSSR count). The highest BCUT2D eigenvalue weighted by atomic mass is 16.5. The van der Waals surface area contributed by atoms with Crippen molar-refractivity contribution in [3.63, 3.8) is 0 Å². The van der Waals surface area contributed by atoms with E-state index in [1.807, 2.05) is 0 Å². The van der Waals surface area contributed by atoms with Gasteiger partial charge in [0.1, 0.15) is 0 Å². The molecule has 3 atom stereocenters. The molecule has 0 N–H and O–H groups in total. The molecule has 0 aromatic rings. The second-order valence-electron chi connectivity index (χ2n) is 5.04. The Kier molecular flexibility index (Phi) is 2.17. The van der Waals surface area contributed by atoms with Gasteiger partial charge in [0.05, 0.1) is 12.5 Å². The number of rotatable bonds is 3. The lowest BCUT2D eigenvalue weighted by molar-refractivity contribution is -0.143. The molecule has 2 nitrogen and oxygen atoms in total. The van der Waals surface area contributed by atoms with Crippen molar-refractivity contribution >= 4 is 5.97 Å². The topological polar surface area (TPSA) is 26.3 Å². The number of ether oxygens (including phenoxy) is 1. The third kappa shape index (κ3) is 1.37. The van der Waals surface area contributed by atoms with Crippen LogP contribution in [0.1, 0.15) is 33.6 Å². The molecule has 2 heteroatoms. The summed E-state index contributed by atoms with van der Waals surface area (Å²) in [6.45, 7) is 7.12. The van der Waals surface area contributed by atoms with Gasteiger partial charge in [0.15, 0.2) is 0 Å². The normalized spacial score (nSPS) is 38.9. The Morgan fingerprint density at radius 2 is 2.36 bits per heavy atom. The van der Waals surface area contributed by atoms with Gasteiger partial charge in [0.25, 0.3) is 0 Å². The van der Waals surface area contributed by atoms with Crippen molar-refractivity contribution < 1.29 is 9.53 Å². The number of fused-ring (bicyclic) bond motifs is 1. The second-order valence-corrected chi connectivity index (χ2v) is 5.04. The Morgan fingerprint density at radius 3 is 2.86 bits per heavy atom. The van der Waals surface area contributed by atoms with Crippen LogP contribution in [0, 0.1) is 17.3 Å². The third-order valence-electron chi connectivity index (χ3n) is 3.75. The van der Waals surface area contributed by atoms with E-state index < -0.39 is 0 Å². The highest BCUT2D eigenvalue weighted by Crippen LogP contribution is 2.64. The maximum absolute atomic E-state index is 11.3. The van der Waals surface area contributed by atoms with Crippen LogP contribution in [0.15, 0.2) is 11.6 Å². The van der Waals surface area contributed by atoms with Crippen molar-refractivity contribution in [2.24, 2.45) is 17.3 Å². The van der Waals surface area contributed by atoms with Crippen molar-refractivity contribution in [3.05, 3.63) is 11.6 Å². The van der Waals surface area contributed by atoms with E-state index in [0.29, 0.717) is 12.5 Å². The Morgan fingerprint density at radius 1 is 1.64 bits per heavy atom. The monoisotopic (exact) mass is 194 g/mol. The predicted molar refractivity (Wildman–Crippen MR) is 54.7 cm³/mol. The zero-order valence-electron chi connectivity index (χ0n) is 9.17. The van der Waals surface area contributed by atoms with Gasteiger partial charge >= 0.3 is 5.97 Å². The van der Waals surface area contributed by atoms with Crippen LogP contribution in [0.4, 0.5) is 0 Å². The van der Waals surface area contributed by atoms with Crippen molar-refractivity contribution in [2.75, 3.05) is 6.61 Å². The van der Waals surface area contributed by atoms with Crippen LogP contribution in [0.3, 0.4) is 0 Å². The van der Waals surface area contributed by atoms with Crippen LogP contribution < -0.4 is 0 Å². The molecule has 78 valence electrons. The molecule has 0 aromatic carbocycles. The van der Waals surface area contributed by atoms with Crippen LogP contribution >= 0.6 is 0 Å². The van der Waals surface area contributed by atoms with Crippen molar-refractivity contribution in [1.82, 2.24) is 0 Å². The van der Waals surface area contributed by atoms with Gasteiger partial charge in [-0.05, 0) is 32.1 Å². The zero-order valence-corrected chi connectivity index (χ0v) is 9.17. The summed E-state index contributed by atoms with van der Waals surface area (Å²) in [4.78, 5) is 11.3. The lowest BCUT2D eigenvalue weighted by Gasteiger charge is -2.13. The molecule has 3 unspecified atom stereocenters. The first-order chi connectivity index (χ1) is 6.55. The molecule has 1 aliphatic heterocycles. The van der Waals surface area contributed by atoms with Crippen LogP contribution in [0.5, 0.6) is 0 Å². The van der Waals surface area contributed by atoms with E-state index in [9.17, 15) is 4.79 Å². The first-order valence-electron chi connectivity index (χ1n) is 5.36. The van der Waals surface area contributed by atoms with Crippen LogP contribution in [-0.2, 0) is 9.53 Å². The Bertz CT molecular complexity index is 289. The molecule has 1 saturated carbocycles. The first kappa shape index (κ1) is 9.75. The van der Waals surface area contributed by atoms with Crippen molar-refractivity contribution in [1.29, 1.82) is 0 Å². The summed E-state index contributed by atoms with van der Waals surface area (Å²) in [7, 11) is 0. The molecule has 0 spiro atoms. The Hall–Kier alpha value is -0.790. The summed E-state index contributed by atoms with van der Waals surface area (Å²) >= 11 is 0. The van der Waals surface area contributed by atoms with Crippen molar-refractivity contribution in [3.8, 4) is 0 Å². The highest BCUT2D eigenvalue weighted by molar-refractivity contribution is 5.80. The van der Waals surface area contributed by atoms with Gasteiger partial charge in [-0.3, -0.25) is 4.79 Å². The fourth-order valence-electron chi connectivity index (χ4n) is 2.66. The lowest BCUT2D eigenvalue weighted by Crippen LogP contribution is -2.13. The summed E-state index contributed by atoms with van der Waals surface area (Å²) in [5.41, 5.74) is 1.61. The van der Waals surface area contributed by atoms with E-state index in [1.54, 1.807) is 0 Å².